The predicted molar refractivity (Wildman–Crippen MR) is 167 cm³/mol. The third-order valence-corrected chi connectivity index (χ3v) is 8.08. The van der Waals surface area contributed by atoms with Gasteiger partial charge in [-0.05, 0) is 66.2 Å². The number of hydrogen-bond acceptors (Lipinski definition) is 5. The summed E-state index contributed by atoms with van der Waals surface area (Å²) in [6.45, 7) is 13.4. The van der Waals surface area contributed by atoms with Gasteiger partial charge in [0.25, 0.3) is 0 Å². The van der Waals surface area contributed by atoms with Gasteiger partial charge in [-0.2, -0.15) is 0 Å². The van der Waals surface area contributed by atoms with Crippen LogP contribution in [-0.4, -0.2) is 30.9 Å². The molecule has 0 aliphatic heterocycles. The Balaban J connectivity index is 3.82. The lowest BCUT2D eigenvalue weighted by Crippen LogP contribution is -2.27. The molecule has 0 saturated carbocycles. The fourth-order valence-electron chi connectivity index (χ4n) is 4.95. The average Bonchev–Trinajstić information content (AvgIpc) is 2.91. The topological polar surface area (TPSA) is 69.7 Å². The van der Waals surface area contributed by atoms with Gasteiger partial charge in [0, 0.05) is 12.8 Å². The molecule has 0 aromatic heterocycles. The lowest BCUT2D eigenvalue weighted by Gasteiger charge is -2.22. The molecule has 0 aliphatic rings. The van der Waals surface area contributed by atoms with E-state index in [2.05, 4.69) is 13.8 Å². The van der Waals surface area contributed by atoms with Gasteiger partial charge in [0.1, 0.15) is 5.78 Å². The molecule has 0 atom stereocenters. The maximum Gasteiger partial charge on any atom is 0.311 e. The van der Waals surface area contributed by atoms with Gasteiger partial charge in [-0.1, -0.05) is 104 Å². The first-order chi connectivity index (χ1) is 19.1. The molecule has 0 saturated heterocycles. The molecular weight excluding hydrogens is 500 g/mol. The van der Waals surface area contributed by atoms with E-state index in [0.717, 1.165) is 77.0 Å². The summed E-state index contributed by atoms with van der Waals surface area (Å²) in [6, 6.07) is 0. The van der Waals surface area contributed by atoms with Crippen LogP contribution in [-0.2, 0) is 23.9 Å². The highest BCUT2D eigenvalue weighted by Crippen LogP contribution is 2.27. The van der Waals surface area contributed by atoms with Gasteiger partial charge < -0.3 is 9.47 Å². The fourth-order valence-corrected chi connectivity index (χ4v) is 4.95. The number of Topliss-reactive ketones (excluding diaryl/α,β-unsaturated/α-hetero) is 1. The number of ketones is 1. The number of rotatable bonds is 28. The third kappa shape index (κ3) is 21.4. The minimum atomic E-state index is -0.458. The number of carbonyl (C=O) groups excluding carboxylic acids is 3. The van der Waals surface area contributed by atoms with E-state index in [1.54, 1.807) is 0 Å². The first kappa shape index (κ1) is 38.6. The monoisotopic (exact) mass is 566 g/mol. The van der Waals surface area contributed by atoms with E-state index in [4.69, 9.17) is 9.47 Å². The molecule has 5 nitrogen and oxygen atoms in total. The molecule has 0 bridgehead atoms. The van der Waals surface area contributed by atoms with Crippen molar-refractivity contribution in [1.82, 2.24) is 0 Å². The molecule has 0 rings (SSSR count). The van der Waals surface area contributed by atoms with Gasteiger partial charge in [-0.15, -0.1) is 0 Å². The summed E-state index contributed by atoms with van der Waals surface area (Å²) in [5.41, 5.74) is -0.915. The van der Waals surface area contributed by atoms with Crippen molar-refractivity contribution in [3.63, 3.8) is 0 Å². The zero-order valence-corrected chi connectivity index (χ0v) is 27.5. The van der Waals surface area contributed by atoms with Gasteiger partial charge in [-0.25, -0.2) is 0 Å². The zero-order valence-electron chi connectivity index (χ0n) is 27.5. The summed E-state index contributed by atoms with van der Waals surface area (Å²) in [5.74, 6) is 0.146. The van der Waals surface area contributed by atoms with Crippen LogP contribution in [0.3, 0.4) is 0 Å². The number of hydrogen-bond donors (Lipinski definition) is 0. The molecule has 0 unspecified atom stereocenters. The molecule has 0 aromatic rings. The van der Waals surface area contributed by atoms with E-state index in [1.807, 2.05) is 27.7 Å². The Morgan fingerprint density at radius 1 is 0.450 bits per heavy atom. The normalized spacial score (nSPS) is 11.9. The van der Waals surface area contributed by atoms with Crippen LogP contribution in [0, 0.1) is 10.8 Å². The molecule has 5 heteroatoms. The second-order valence-electron chi connectivity index (χ2n) is 13.2. The summed E-state index contributed by atoms with van der Waals surface area (Å²) >= 11 is 0. The lowest BCUT2D eigenvalue weighted by molar-refractivity contribution is -0.155. The maximum absolute atomic E-state index is 12.4. The first-order valence-electron chi connectivity index (χ1n) is 16.9. The summed E-state index contributed by atoms with van der Waals surface area (Å²) < 4.78 is 11.0. The molecule has 0 heterocycles. The Kier molecular flexibility index (Phi) is 23.4. The summed E-state index contributed by atoms with van der Waals surface area (Å²) in [6.07, 6.45) is 22.7. The molecule has 236 valence electrons. The lowest BCUT2D eigenvalue weighted by atomic mass is 9.86. The van der Waals surface area contributed by atoms with Crippen molar-refractivity contribution < 1.29 is 23.9 Å². The van der Waals surface area contributed by atoms with Crippen molar-refractivity contribution in [2.24, 2.45) is 10.8 Å². The highest BCUT2D eigenvalue weighted by Gasteiger charge is 2.29. The smallest absolute Gasteiger partial charge is 0.311 e. The van der Waals surface area contributed by atoms with Crippen molar-refractivity contribution in [3.8, 4) is 0 Å². The Morgan fingerprint density at radius 2 is 0.775 bits per heavy atom. The van der Waals surface area contributed by atoms with Crippen LogP contribution in [0.15, 0.2) is 0 Å². The van der Waals surface area contributed by atoms with E-state index in [-0.39, 0.29) is 11.9 Å². The van der Waals surface area contributed by atoms with E-state index in [9.17, 15) is 14.4 Å². The highest BCUT2D eigenvalue weighted by atomic mass is 16.5. The van der Waals surface area contributed by atoms with Gasteiger partial charge in [0.2, 0.25) is 0 Å². The van der Waals surface area contributed by atoms with Crippen LogP contribution < -0.4 is 0 Å². The van der Waals surface area contributed by atoms with Crippen molar-refractivity contribution in [3.05, 3.63) is 0 Å². The van der Waals surface area contributed by atoms with Crippen molar-refractivity contribution in [2.45, 2.75) is 183 Å². The molecule has 0 aromatic carbocycles. The third-order valence-electron chi connectivity index (χ3n) is 8.08. The largest absolute Gasteiger partial charge is 0.465 e. The van der Waals surface area contributed by atoms with E-state index < -0.39 is 10.8 Å². The van der Waals surface area contributed by atoms with Crippen LogP contribution in [0.2, 0.25) is 0 Å². The van der Waals surface area contributed by atoms with Crippen LogP contribution in [0.1, 0.15) is 183 Å². The van der Waals surface area contributed by atoms with Gasteiger partial charge in [-0.3, -0.25) is 14.4 Å². The molecular formula is C35H66O5. The zero-order chi connectivity index (χ0) is 30.1. The second-order valence-corrected chi connectivity index (χ2v) is 13.2. The summed E-state index contributed by atoms with van der Waals surface area (Å²) in [5, 5.41) is 0. The predicted octanol–water partition coefficient (Wildman–Crippen LogP) is 10.3. The SMILES string of the molecule is CCCCCCCCOC(=O)C(C)(C)CCCCCC(=O)CCCCCC(C)(C)C(=O)OCCCCCCCC. The van der Waals surface area contributed by atoms with Gasteiger partial charge >= 0.3 is 11.9 Å². The Hall–Kier alpha value is -1.39. The Morgan fingerprint density at radius 3 is 1.15 bits per heavy atom. The molecule has 0 N–H and O–H groups in total. The number of esters is 2. The molecule has 0 spiro atoms. The molecule has 0 radical (unpaired) electrons. The minimum Gasteiger partial charge on any atom is -0.465 e. The number of carbonyl (C=O) groups is 3. The van der Waals surface area contributed by atoms with Crippen molar-refractivity contribution in [2.75, 3.05) is 13.2 Å². The quantitative estimate of drug-likeness (QED) is 0.0696. The standard InChI is InChI=1S/C35H66O5/c1-7-9-11-13-15-23-29-39-32(37)34(3,4)27-21-17-19-25-31(36)26-20-18-22-28-35(5,6)33(38)40-30-24-16-14-12-10-8-2/h7-30H2,1-6H3. The van der Waals surface area contributed by atoms with E-state index in [1.165, 1.54) is 51.4 Å². The van der Waals surface area contributed by atoms with Crippen LogP contribution in [0.25, 0.3) is 0 Å². The summed E-state index contributed by atoms with van der Waals surface area (Å²) in [4.78, 5) is 37.2. The van der Waals surface area contributed by atoms with Crippen LogP contribution >= 0.6 is 0 Å². The molecule has 0 fully saturated rings. The molecule has 0 aliphatic carbocycles. The fraction of sp³-hybridized carbons (Fsp3) is 0.914. The van der Waals surface area contributed by atoms with Crippen molar-refractivity contribution >= 4 is 17.7 Å². The number of unbranched alkanes of at least 4 members (excludes halogenated alkanes) is 14. The number of ether oxygens (including phenoxy) is 2. The average molecular weight is 567 g/mol. The van der Waals surface area contributed by atoms with Gasteiger partial charge in [0.05, 0.1) is 24.0 Å². The molecule has 40 heavy (non-hydrogen) atoms. The van der Waals surface area contributed by atoms with E-state index >= 15 is 0 Å². The Bertz CT molecular complexity index is 598. The van der Waals surface area contributed by atoms with Crippen LogP contribution in [0.5, 0.6) is 0 Å². The summed E-state index contributed by atoms with van der Waals surface area (Å²) in [7, 11) is 0. The van der Waals surface area contributed by atoms with Crippen LogP contribution in [0.4, 0.5) is 0 Å². The van der Waals surface area contributed by atoms with Crippen molar-refractivity contribution in [1.29, 1.82) is 0 Å². The highest BCUT2D eigenvalue weighted by molar-refractivity contribution is 5.78. The maximum atomic E-state index is 12.4. The Labute approximate surface area is 248 Å². The second kappa shape index (κ2) is 24.2. The van der Waals surface area contributed by atoms with E-state index in [0.29, 0.717) is 31.8 Å². The molecule has 0 amide bonds. The first-order valence-corrected chi connectivity index (χ1v) is 16.9. The van der Waals surface area contributed by atoms with Gasteiger partial charge in [0.15, 0.2) is 0 Å². The minimum absolute atomic E-state index is 0.0913.